The highest BCUT2D eigenvalue weighted by Crippen LogP contribution is 2.29. The molecule has 1 saturated carbocycles. The van der Waals surface area contributed by atoms with E-state index in [1.807, 2.05) is 0 Å². The van der Waals surface area contributed by atoms with Crippen LogP contribution in [-0.4, -0.2) is 25.8 Å². The van der Waals surface area contributed by atoms with Gasteiger partial charge in [-0.25, -0.2) is 0 Å². The van der Waals surface area contributed by atoms with Crippen molar-refractivity contribution in [3.63, 3.8) is 0 Å². The molecule has 0 aliphatic heterocycles. The minimum absolute atomic E-state index is 0.0151. The summed E-state index contributed by atoms with van der Waals surface area (Å²) in [5.41, 5.74) is 0. The molecule has 144 valence electrons. The molecular formula is C22H38O3. The Bertz CT molecular complexity index is 391. The van der Waals surface area contributed by atoms with E-state index < -0.39 is 0 Å². The number of hydrogen-bond acceptors (Lipinski definition) is 3. The van der Waals surface area contributed by atoms with E-state index in [1.54, 1.807) is 0 Å². The summed E-state index contributed by atoms with van der Waals surface area (Å²) in [4.78, 5) is 12.2. The van der Waals surface area contributed by atoms with Crippen LogP contribution in [0, 0.1) is 36.0 Å². The molecule has 1 aliphatic carbocycles. The highest BCUT2D eigenvalue weighted by molar-refractivity contribution is 5.72. The lowest BCUT2D eigenvalue weighted by Gasteiger charge is -2.28. The zero-order chi connectivity index (χ0) is 18.5. The predicted octanol–water partition coefficient (Wildman–Crippen LogP) is 5.23. The number of hydrogen-bond donors (Lipinski definition) is 0. The SMILES string of the molecule is C#CC(CC)COCC1CCC(COC(=O)C(CC)CCCC)CC1. The van der Waals surface area contributed by atoms with Gasteiger partial charge in [-0.05, 0) is 56.8 Å². The fraction of sp³-hybridized carbons (Fsp3) is 0.864. The zero-order valence-corrected chi connectivity index (χ0v) is 16.6. The zero-order valence-electron chi connectivity index (χ0n) is 16.6. The van der Waals surface area contributed by atoms with Crippen LogP contribution in [0.2, 0.25) is 0 Å². The predicted molar refractivity (Wildman–Crippen MR) is 103 cm³/mol. The van der Waals surface area contributed by atoms with Crippen LogP contribution in [0.15, 0.2) is 0 Å². The van der Waals surface area contributed by atoms with Crippen molar-refractivity contribution in [1.29, 1.82) is 0 Å². The summed E-state index contributed by atoms with van der Waals surface area (Å²) in [5, 5.41) is 0. The van der Waals surface area contributed by atoms with E-state index in [2.05, 4.69) is 26.7 Å². The van der Waals surface area contributed by atoms with Gasteiger partial charge in [0.25, 0.3) is 0 Å². The number of esters is 1. The van der Waals surface area contributed by atoms with Crippen molar-refractivity contribution < 1.29 is 14.3 Å². The second-order valence-electron chi connectivity index (χ2n) is 7.57. The number of ether oxygens (including phenoxy) is 2. The smallest absolute Gasteiger partial charge is 0.308 e. The molecule has 0 spiro atoms. The molecule has 0 saturated heterocycles. The normalized spacial score (nSPS) is 22.8. The highest BCUT2D eigenvalue weighted by Gasteiger charge is 2.24. The summed E-state index contributed by atoms with van der Waals surface area (Å²) < 4.78 is 11.4. The third-order valence-electron chi connectivity index (χ3n) is 5.56. The summed E-state index contributed by atoms with van der Waals surface area (Å²) >= 11 is 0. The Labute approximate surface area is 155 Å². The number of unbranched alkanes of at least 4 members (excludes halogenated alkanes) is 1. The first-order valence-electron chi connectivity index (χ1n) is 10.3. The van der Waals surface area contributed by atoms with Crippen molar-refractivity contribution in [2.45, 2.75) is 78.6 Å². The number of carbonyl (C=O) groups excluding carboxylic acids is 1. The molecule has 0 aromatic heterocycles. The Morgan fingerprint density at radius 3 is 2.24 bits per heavy atom. The molecule has 1 rings (SSSR count). The van der Waals surface area contributed by atoms with Gasteiger partial charge < -0.3 is 9.47 Å². The second kappa shape index (κ2) is 13.2. The van der Waals surface area contributed by atoms with Crippen molar-refractivity contribution >= 4 is 5.97 Å². The first-order chi connectivity index (χ1) is 12.1. The first-order valence-corrected chi connectivity index (χ1v) is 10.3. The lowest BCUT2D eigenvalue weighted by atomic mass is 9.83. The van der Waals surface area contributed by atoms with Gasteiger partial charge in [-0.15, -0.1) is 12.3 Å². The first kappa shape index (κ1) is 22.0. The largest absolute Gasteiger partial charge is 0.465 e. The molecule has 1 aliphatic rings. The maximum atomic E-state index is 12.2. The molecule has 0 N–H and O–H groups in total. The minimum Gasteiger partial charge on any atom is -0.465 e. The van der Waals surface area contributed by atoms with Crippen LogP contribution in [0.5, 0.6) is 0 Å². The van der Waals surface area contributed by atoms with Gasteiger partial charge in [0.05, 0.1) is 19.1 Å². The topological polar surface area (TPSA) is 35.5 Å². The van der Waals surface area contributed by atoms with Crippen molar-refractivity contribution in [3.05, 3.63) is 0 Å². The van der Waals surface area contributed by atoms with Crippen molar-refractivity contribution in [2.75, 3.05) is 19.8 Å². The minimum atomic E-state index is 0.0151. The standard InChI is InChI=1S/C22H38O3/c1-5-9-10-21(8-4)22(23)25-17-20-13-11-19(12-14-20)16-24-15-18(6-2)7-3/h2,18-21H,5,7-17H2,1,3-4H3. The fourth-order valence-electron chi connectivity index (χ4n) is 3.48. The average molecular weight is 351 g/mol. The van der Waals surface area contributed by atoms with E-state index in [4.69, 9.17) is 15.9 Å². The van der Waals surface area contributed by atoms with Gasteiger partial charge in [0, 0.05) is 12.5 Å². The Kier molecular flexibility index (Phi) is 11.7. The van der Waals surface area contributed by atoms with Crippen LogP contribution in [0.3, 0.4) is 0 Å². The Morgan fingerprint density at radius 2 is 1.72 bits per heavy atom. The molecule has 0 aromatic carbocycles. The van der Waals surface area contributed by atoms with Gasteiger partial charge >= 0.3 is 5.97 Å². The van der Waals surface area contributed by atoms with E-state index in [-0.39, 0.29) is 17.8 Å². The highest BCUT2D eigenvalue weighted by atomic mass is 16.5. The molecule has 3 nitrogen and oxygen atoms in total. The average Bonchev–Trinajstić information content (AvgIpc) is 2.65. The van der Waals surface area contributed by atoms with E-state index in [0.717, 1.165) is 51.6 Å². The maximum Gasteiger partial charge on any atom is 0.308 e. The summed E-state index contributed by atoms with van der Waals surface area (Å²) in [6, 6.07) is 0. The van der Waals surface area contributed by atoms with Crippen molar-refractivity contribution in [2.24, 2.45) is 23.7 Å². The third-order valence-corrected chi connectivity index (χ3v) is 5.56. The molecule has 3 heteroatoms. The summed E-state index contributed by atoms with van der Waals surface area (Å²) in [6.07, 6.45) is 15.2. The van der Waals surface area contributed by atoms with Crippen molar-refractivity contribution in [3.8, 4) is 12.3 Å². The van der Waals surface area contributed by atoms with Crippen LogP contribution in [0.4, 0.5) is 0 Å². The van der Waals surface area contributed by atoms with Crippen LogP contribution in [-0.2, 0) is 14.3 Å². The molecule has 0 amide bonds. The quantitative estimate of drug-likeness (QED) is 0.357. The third kappa shape index (κ3) is 8.77. The lowest BCUT2D eigenvalue weighted by Crippen LogP contribution is -2.25. The van der Waals surface area contributed by atoms with Gasteiger partial charge in [-0.2, -0.15) is 0 Å². The summed E-state index contributed by atoms with van der Waals surface area (Å²) in [5.74, 6) is 4.29. The van der Waals surface area contributed by atoms with Crippen LogP contribution >= 0.6 is 0 Å². The van der Waals surface area contributed by atoms with E-state index in [9.17, 15) is 4.79 Å². The van der Waals surface area contributed by atoms with Gasteiger partial charge in [-0.1, -0.05) is 33.6 Å². The molecular weight excluding hydrogens is 312 g/mol. The molecule has 0 aromatic rings. The number of rotatable bonds is 12. The van der Waals surface area contributed by atoms with Crippen LogP contribution in [0.1, 0.15) is 78.6 Å². The van der Waals surface area contributed by atoms with E-state index in [1.165, 1.54) is 12.8 Å². The lowest BCUT2D eigenvalue weighted by molar-refractivity contribution is -0.150. The van der Waals surface area contributed by atoms with Gasteiger partial charge in [-0.3, -0.25) is 4.79 Å². The Balaban J connectivity index is 2.17. The fourth-order valence-corrected chi connectivity index (χ4v) is 3.48. The van der Waals surface area contributed by atoms with E-state index >= 15 is 0 Å². The Morgan fingerprint density at radius 1 is 1.08 bits per heavy atom. The molecule has 2 unspecified atom stereocenters. The molecule has 25 heavy (non-hydrogen) atoms. The molecule has 0 bridgehead atoms. The summed E-state index contributed by atoms with van der Waals surface area (Å²) in [6.45, 7) is 8.45. The van der Waals surface area contributed by atoms with Gasteiger partial charge in [0.1, 0.15) is 0 Å². The van der Waals surface area contributed by atoms with Crippen LogP contribution < -0.4 is 0 Å². The second-order valence-corrected chi connectivity index (χ2v) is 7.57. The number of carbonyl (C=O) groups is 1. The van der Waals surface area contributed by atoms with E-state index in [0.29, 0.717) is 25.0 Å². The number of terminal acetylenes is 1. The monoisotopic (exact) mass is 350 g/mol. The molecule has 2 atom stereocenters. The van der Waals surface area contributed by atoms with Gasteiger partial charge in [0.15, 0.2) is 0 Å². The summed E-state index contributed by atoms with van der Waals surface area (Å²) in [7, 11) is 0. The van der Waals surface area contributed by atoms with Crippen molar-refractivity contribution in [1.82, 2.24) is 0 Å². The Hall–Kier alpha value is -1.01. The molecule has 1 fully saturated rings. The van der Waals surface area contributed by atoms with Crippen LogP contribution in [0.25, 0.3) is 0 Å². The molecule has 0 heterocycles. The molecule has 0 radical (unpaired) electrons. The maximum absolute atomic E-state index is 12.2. The van der Waals surface area contributed by atoms with Gasteiger partial charge in [0.2, 0.25) is 0 Å².